The molecule has 248 valence electrons. The first-order chi connectivity index (χ1) is 21.7. The topological polar surface area (TPSA) is 182 Å². The van der Waals surface area contributed by atoms with Crippen LogP contribution in [0.15, 0.2) is 48.8 Å². The number of imidazole rings is 1. The molecule has 14 nitrogen and oxygen atoms in total. The Morgan fingerprint density at radius 2 is 1.91 bits per heavy atom. The number of benzene rings is 2. The fraction of sp³-hybridized carbons (Fsp3) is 0.448. The van der Waals surface area contributed by atoms with Gasteiger partial charge >= 0.3 is 13.7 Å². The SMILES string of the molecule is CCOc1nc(N)nc2c1ncn2C1OC(F)(COP(=O)(NC(C)C(=O)OC(C)C)Oc2cccc3ccccc23)C(O)C1(C)F. The molecular formula is C29H35F2N6O8P. The lowest BCUT2D eigenvalue weighted by Gasteiger charge is -2.28. The predicted molar refractivity (Wildman–Crippen MR) is 162 cm³/mol. The minimum absolute atomic E-state index is 0.0143. The number of hydrogen-bond acceptors (Lipinski definition) is 12. The standard InChI is InChI=1S/C29H35F2N6O8P/c1-6-41-23-21-22(34-27(32)35-23)37(15-33-21)26-28(5,30)25(39)29(31,44-26)14-42-46(40,36-17(4)24(38)43-16(2)3)45-20-13-9-11-18-10-7-8-12-19(18)20/h7-13,15-17,25-26,39H,6,14H2,1-5H3,(H,36,40)(H2,32,34,35). The summed E-state index contributed by atoms with van der Waals surface area (Å²) in [5, 5.41) is 14.6. The molecule has 0 bridgehead atoms. The number of ether oxygens (including phenoxy) is 3. The van der Waals surface area contributed by atoms with Crippen LogP contribution in [0.3, 0.4) is 0 Å². The van der Waals surface area contributed by atoms with Gasteiger partial charge in [-0.2, -0.15) is 15.1 Å². The van der Waals surface area contributed by atoms with Crippen LogP contribution in [0, 0.1) is 0 Å². The van der Waals surface area contributed by atoms with Gasteiger partial charge in [0.2, 0.25) is 11.8 Å². The van der Waals surface area contributed by atoms with Crippen LogP contribution in [-0.4, -0.2) is 73.6 Å². The Balaban J connectivity index is 1.45. The van der Waals surface area contributed by atoms with Crippen molar-refractivity contribution in [2.45, 2.75) is 70.6 Å². The molecule has 1 fully saturated rings. The van der Waals surface area contributed by atoms with Gasteiger partial charge in [-0.3, -0.25) is 13.9 Å². The first kappa shape index (κ1) is 33.4. The summed E-state index contributed by atoms with van der Waals surface area (Å²) in [5.74, 6) is -4.20. The number of carbonyl (C=O) groups excluding carboxylic acids is 1. The van der Waals surface area contributed by atoms with E-state index in [1.807, 2.05) is 0 Å². The molecule has 1 aliphatic heterocycles. The van der Waals surface area contributed by atoms with Crippen molar-refractivity contribution >= 4 is 41.6 Å². The van der Waals surface area contributed by atoms with Crippen molar-refractivity contribution in [3.8, 4) is 11.6 Å². The number of nitrogens with zero attached hydrogens (tertiary/aromatic N) is 4. The van der Waals surface area contributed by atoms with E-state index in [1.54, 1.807) is 57.2 Å². The van der Waals surface area contributed by atoms with Crippen LogP contribution in [-0.2, 0) is 23.4 Å². The lowest BCUT2D eigenvalue weighted by Crippen LogP contribution is -2.47. The second-order valence-electron chi connectivity index (χ2n) is 11.1. The molecule has 0 saturated carbocycles. The first-order valence-corrected chi connectivity index (χ1v) is 16.0. The molecule has 6 unspecified atom stereocenters. The number of halogens is 2. The van der Waals surface area contributed by atoms with E-state index in [2.05, 4.69) is 20.0 Å². The number of nitrogens with one attached hydrogen (secondary N) is 1. The number of carbonyl (C=O) groups is 1. The number of aliphatic hydroxyl groups excluding tert-OH is 1. The molecule has 46 heavy (non-hydrogen) atoms. The summed E-state index contributed by atoms with van der Waals surface area (Å²) >= 11 is 0. The molecule has 2 aromatic carbocycles. The maximum atomic E-state index is 16.5. The third-order valence-electron chi connectivity index (χ3n) is 7.13. The maximum absolute atomic E-state index is 16.5. The van der Waals surface area contributed by atoms with E-state index >= 15 is 8.78 Å². The Morgan fingerprint density at radius 3 is 2.63 bits per heavy atom. The highest BCUT2D eigenvalue weighted by molar-refractivity contribution is 7.52. The van der Waals surface area contributed by atoms with Gasteiger partial charge in [-0.15, -0.1) is 0 Å². The third kappa shape index (κ3) is 6.48. The summed E-state index contributed by atoms with van der Waals surface area (Å²) in [6, 6.07) is 10.7. The van der Waals surface area contributed by atoms with E-state index in [0.29, 0.717) is 5.39 Å². The zero-order valence-electron chi connectivity index (χ0n) is 25.7. The number of nitrogen functional groups attached to an aromatic ring is 1. The number of aromatic nitrogens is 4. The average molecular weight is 665 g/mol. The monoisotopic (exact) mass is 664 g/mol. The van der Waals surface area contributed by atoms with Gasteiger partial charge in [0.05, 0.1) is 19.0 Å². The number of esters is 1. The van der Waals surface area contributed by atoms with Crippen LogP contribution < -0.4 is 20.1 Å². The van der Waals surface area contributed by atoms with Crippen molar-refractivity contribution in [1.82, 2.24) is 24.6 Å². The number of fused-ring (bicyclic) bond motifs is 2. The molecule has 4 aromatic rings. The Kier molecular flexibility index (Phi) is 9.21. The highest BCUT2D eigenvalue weighted by Crippen LogP contribution is 2.52. The summed E-state index contributed by atoms with van der Waals surface area (Å²) in [5.41, 5.74) is 3.04. The highest BCUT2D eigenvalue weighted by atomic mass is 31.2. The van der Waals surface area contributed by atoms with Gasteiger partial charge in [0.15, 0.2) is 29.2 Å². The summed E-state index contributed by atoms with van der Waals surface area (Å²) in [6.45, 7) is 6.15. The van der Waals surface area contributed by atoms with Crippen LogP contribution in [0.2, 0.25) is 0 Å². The van der Waals surface area contributed by atoms with Gasteiger partial charge in [-0.05, 0) is 46.1 Å². The van der Waals surface area contributed by atoms with Crippen molar-refractivity contribution in [2.24, 2.45) is 0 Å². The molecule has 4 N–H and O–H groups in total. The van der Waals surface area contributed by atoms with Crippen molar-refractivity contribution in [3.05, 3.63) is 48.8 Å². The van der Waals surface area contributed by atoms with Gasteiger partial charge in [-0.1, -0.05) is 36.4 Å². The smallest absolute Gasteiger partial charge is 0.459 e. The number of alkyl halides is 2. The molecule has 5 rings (SSSR count). The van der Waals surface area contributed by atoms with Gasteiger partial charge in [-0.25, -0.2) is 18.3 Å². The Morgan fingerprint density at radius 1 is 1.20 bits per heavy atom. The predicted octanol–water partition coefficient (Wildman–Crippen LogP) is 4.38. The van der Waals surface area contributed by atoms with Gasteiger partial charge < -0.3 is 29.6 Å². The maximum Gasteiger partial charge on any atom is 0.459 e. The van der Waals surface area contributed by atoms with Crippen molar-refractivity contribution in [1.29, 1.82) is 0 Å². The van der Waals surface area contributed by atoms with Gasteiger partial charge in [0, 0.05) is 5.39 Å². The lowest BCUT2D eigenvalue weighted by atomic mass is 9.97. The fourth-order valence-electron chi connectivity index (χ4n) is 4.97. The van der Waals surface area contributed by atoms with E-state index in [-0.39, 0.29) is 35.3 Å². The quantitative estimate of drug-likeness (QED) is 0.143. The molecular weight excluding hydrogens is 629 g/mol. The van der Waals surface area contributed by atoms with Gasteiger partial charge in [0.1, 0.15) is 18.4 Å². The minimum Gasteiger partial charge on any atom is -0.476 e. The largest absolute Gasteiger partial charge is 0.476 e. The second kappa shape index (κ2) is 12.7. The minimum atomic E-state index is -4.68. The molecule has 0 aliphatic carbocycles. The molecule has 17 heteroatoms. The Bertz CT molecular complexity index is 1790. The van der Waals surface area contributed by atoms with Crippen LogP contribution in [0.25, 0.3) is 21.9 Å². The molecule has 0 radical (unpaired) electrons. The first-order valence-electron chi connectivity index (χ1n) is 14.4. The molecule has 0 amide bonds. The summed E-state index contributed by atoms with van der Waals surface area (Å²) < 4.78 is 75.2. The number of aliphatic hydroxyl groups is 1. The zero-order valence-corrected chi connectivity index (χ0v) is 26.6. The number of anilines is 1. The zero-order chi connectivity index (χ0) is 33.4. The Hall–Kier alpha value is -3.95. The highest BCUT2D eigenvalue weighted by Gasteiger charge is 2.65. The number of nitrogens with two attached hydrogens (primary N) is 1. The van der Waals surface area contributed by atoms with Crippen molar-refractivity contribution in [2.75, 3.05) is 18.9 Å². The molecule has 2 aromatic heterocycles. The van der Waals surface area contributed by atoms with Gasteiger partial charge in [0.25, 0.3) is 5.85 Å². The third-order valence-corrected chi connectivity index (χ3v) is 8.74. The van der Waals surface area contributed by atoms with Crippen LogP contribution in [0.1, 0.15) is 40.8 Å². The second-order valence-corrected chi connectivity index (χ2v) is 12.8. The Labute approximate surface area is 262 Å². The molecule has 0 spiro atoms. The average Bonchev–Trinajstić information content (AvgIpc) is 3.48. The number of hydrogen-bond donors (Lipinski definition) is 3. The molecule has 1 aliphatic rings. The van der Waals surface area contributed by atoms with Crippen LogP contribution >= 0.6 is 7.75 Å². The summed E-state index contributed by atoms with van der Waals surface area (Å²) in [7, 11) is -4.68. The van der Waals surface area contributed by atoms with Crippen LogP contribution in [0.5, 0.6) is 11.6 Å². The van der Waals surface area contributed by atoms with E-state index in [1.165, 1.54) is 13.0 Å². The molecule has 6 atom stereocenters. The van der Waals surface area contributed by atoms with Crippen molar-refractivity contribution in [3.63, 3.8) is 0 Å². The van der Waals surface area contributed by atoms with Crippen molar-refractivity contribution < 1.29 is 46.5 Å². The number of rotatable bonds is 12. The molecule has 1 saturated heterocycles. The van der Waals surface area contributed by atoms with E-state index in [4.69, 9.17) is 29.0 Å². The fourth-order valence-corrected chi connectivity index (χ4v) is 6.49. The summed E-state index contributed by atoms with van der Waals surface area (Å²) in [4.78, 5) is 24.8. The van der Waals surface area contributed by atoms with E-state index in [9.17, 15) is 14.5 Å². The van der Waals surface area contributed by atoms with E-state index in [0.717, 1.165) is 23.2 Å². The molecule has 3 heterocycles. The summed E-state index contributed by atoms with van der Waals surface area (Å²) in [6.07, 6.45) is -3.70. The lowest BCUT2D eigenvalue weighted by molar-refractivity contribution is -0.202. The van der Waals surface area contributed by atoms with Crippen LogP contribution in [0.4, 0.5) is 14.7 Å². The normalized spacial score (nSPS) is 25.1. The van der Waals surface area contributed by atoms with E-state index < -0.39 is 56.3 Å².